The fourth-order valence-corrected chi connectivity index (χ4v) is 4.17. The van der Waals surface area contributed by atoms with Gasteiger partial charge in [-0.3, -0.25) is 9.69 Å². The lowest BCUT2D eigenvalue weighted by molar-refractivity contribution is -0.124. The molecule has 3 aromatic rings. The van der Waals surface area contributed by atoms with Crippen molar-refractivity contribution >= 4 is 39.8 Å². The van der Waals surface area contributed by atoms with Gasteiger partial charge in [0.15, 0.2) is 5.17 Å². The molecular formula is C23H21N3OS. The Balaban J connectivity index is 1.58. The third kappa shape index (κ3) is 3.85. The zero-order valence-electron chi connectivity index (χ0n) is 15.9. The van der Waals surface area contributed by atoms with Crippen molar-refractivity contribution in [3.8, 4) is 0 Å². The molecule has 1 aliphatic heterocycles. The van der Waals surface area contributed by atoms with Crippen LogP contribution in [0.3, 0.4) is 0 Å². The van der Waals surface area contributed by atoms with Gasteiger partial charge in [-0.15, -0.1) is 5.10 Å². The molecule has 0 N–H and O–H groups in total. The molecule has 0 spiro atoms. The van der Waals surface area contributed by atoms with E-state index in [1.54, 1.807) is 11.1 Å². The van der Waals surface area contributed by atoms with Crippen LogP contribution in [0.4, 0.5) is 0 Å². The molecule has 3 aromatic carbocycles. The molecule has 0 atom stereocenters. The fraction of sp³-hybridized carbons (Fsp3) is 0.174. The number of nitrogens with zero attached hydrogens (tertiary/aromatic N) is 3. The Morgan fingerprint density at radius 3 is 2.75 bits per heavy atom. The number of amides is 1. The normalized spacial score (nSPS) is 16.0. The number of benzene rings is 3. The van der Waals surface area contributed by atoms with Crippen LogP contribution in [-0.2, 0) is 11.3 Å². The molecule has 4 nitrogen and oxygen atoms in total. The predicted octanol–water partition coefficient (Wildman–Crippen LogP) is 4.92. The molecule has 1 fully saturated rings. The molecule has 140 valence electrons. The summed E-state index contributed by atoms with van der Waals surface area (Å²) in [6.45, 7) is 4.63. The highest BCUT2D eigenvalue weighted by Crippen LogP contribution is 2.25. The van der Waals surface area contributed by atoms with Crippen molar-refractivity contribution in [1.82, 2.24) is 4.90 Å². The lowest BCUT2D eigenvalue weighted by atomic mass is 10.0. The first-order valence-electron chi connectivity index (χ1n) is 9.20. The fourth-order valence-electron chi connectivity index (χ4n) is 3.34. The number of amidine groups is 1. The first kappa shape index (κ1) is 18.4. The Hall–Kier alpha value is -2.92. The van der Waals surface area contributed by atoms with Gasteiger partial charge in [0, 0.05) is 0 Å². The van der Waals surface area contributed by atoms with Crippen molar-refractivity contribution in [2.24, 2.45) is 10.2 Å². The number of carbonyl (C=O) groups excluding carboxylic acids is 1. The summed E-state index contributed by atoms with van der Waals surface area (Å²) in [7, 11) is 0. The predicted molar refractivity (Wildman–Crippen MR) is 118 cm³/mol. The van der Waals surface area contributed by atoms with Crippen LogP contribution in [0, 0.1) is 13.8 Å². The van der Waals surface area contributed by atoms with Crippen LogP contribution >= 0.6 is 11.8 Å². The summed E-state index contributed by atoms with van der Waals surface area (Å²) in [6, 6.07) is 20.6. The molecule has 5 heteroatoms. The Kier molecular flexibility index (Phi) is 5.26. The summed E-state index contributed by atoms with van der Waals surface area (Å²) in [5.74, 6) is 0.473. The first-order chi connectivity index (χ1) is 13.6. The Morgan fingerprint density at radius 1 is 1.07 bits per heavy atom. The second-order valence-corrected chi connectivity index (χ2v) is 7.84. The molecule has 0 unspecified atom stereocenters. The number of hydrogen-bond acceptors (Lipinski definition) is 4. The van der Waals surface area contributed by atoms with E-state index >= 15 is 0 Å². The third-order valence-corrected chi connectivity index (χ3v) is 5.78. The molecule has 1 amide bonds. The lowest BCUT2D eigenvalue weighted by Gasteiger charge is -2.16. The van der Waals surface area contributed by atoms with Gasteiger partial charge in [0.1, 0.15) is 0 Å². The molecule has 0 radical (unpaired) electrons. The van der Waals surface area contributed by atoms with Crippen LogP contribution < -0.4 is 0 Å². The maximum atomic E-state index is 12.4. The maximum Gasteiger partial charge on any atom is 0.239 e. The summed E-state index contributed by atoms with van der Waals surface area (Å²) >= 11 is 1.44. The summed E-state index contributed by atoms with van der Waals surface area (Å²) in [6.07, 6.45) is 1.75. The quantitative estimate of drug-likeness (QED) is 0.471. The zero-order chi connectivity index (χ0) is 19.5. The number of aryl methyl sites for hydroxylation is 2. The van der Waals surface area contributed by atoms with Gasteiger partial charge >= 0.3 is 0 Å². The van der Waals surface area contributed by atoms with Crippen LogP contribution in [0.15, 0.2) is 70.9 Å². The van der Waals surface area contributed by atoms with Gasteiger partial charge in [0.05, 0.1) is 18.5 Å². The second-order valence-electron chi connectivity index (χ2n) is 6.89. The Bertz CT molecular complexity index is 1100. The molecule has 0 bridgehead atoms. The average molecular weight is 388 g/mol. The van der Waals surface area contributed by atoms with E-state index in [9.17, 15) is 4.79 Å². The molecule has 0 aromatic heterocycles. The van der Waals surface area contributed by atoms with E-state index in [1.807, 2.05) is 24.3 Å². The highest BCUT2D eigenvalue weighted by atomic mass is 32.2. The number of thioether (sulfide) groups is 1. The SMILES string of the molecule is Cc1ccc(/C=N\N=C2\SCC(=O)N2Cc2cccc3ccccc23)c(C)c1. The highest BCUT2D eigenvalue weighted by molar-refractivity contribution is 8.15. The average Bonchev–Trinajstić information content (AvgIpc) is 3.04. The number of carbonyl (C=O) groups is 1. The number of rotatable bonds is 4. The van der Waals surface area contributed by atoms with E-state index in [1.165, 1.54) is 22.7 Å². The van der Waals surface area contributed by atoms with Crippen LogP contribution in [0.5, 0.6) is 0 Å². The molecule has 1 saturated heterocycles. The minimum atomic E-state index is 0.0680. The van der Waals surface area contributed by atoms with E-state index in [2.05, 4.69) is 60.4 Å². The standard InChI is InChI=1S/C23H21N3OS/c1-16-10-11-19(17(2)12-16)13-24-25-23-26(22(27)15-28-23)14-20-8-5-7-18-6-3-4-9-21(18)20/h3-13H,14-15H2,1-2H3/b24-13-,25-23+. The first-order valence-corrected chi connectivity index (χ1v) is 10.2. The smallest absolute Gasteiger partial charge is 0.239 e. The van der Waals surface area contributed by atoms with Crippen molar-refractivity contribution in [1.29, 1.82) is 0 Å². The van der Waals surface area contributed by atoms with Crippen molar-refractivity contribution in [2.45, 2.75) is 20.4 Å². The van der Waals surface area contributed by atoms with E-state index in [4.69, 9.17) is 0 Å². The van der Waals surface area contributed by atoms with E-state index in [-0.39, 0.29) is 5.91 Å². The number of fused-ring (bicyclic) bond motifs is 1. The summed E-state index contributed by atoms with van der Waals surface area (Å²) in [5, 5.41) is 11.6. The van der Waals surface area contributed by atoms with Crippen molar-refractivity contribution in [2.75, 3.05) is 5.75 Å². The molecule has 4 rings (SSSR count). The monoisotopic (exact) mass is 387 g/mol. The van der Waals surface area contributed by atoms with Crippen molar-refractivity contribution in [3.05, 3.63) is 82.9 Å². The largest absolute Gasteiger partial charge is 0.285 e. The van der Waals surface area contributed by atoms with Crippen LogP contribution in [0.2, 0.25) is 0 Å². The lowest BCUT2D eigenvalue weighted by Crippen LogP contribution is -2.28. The Labute approximate surface area is 169 Å². The third-order valence-electron chi connectivity index (χ3n) is 4.83. The molecule has 28 heavy (non-hydrogen) atoms. The number of hydrogen-bond donors (Lipinski definition) is 0. The molecule has 1 heterocycles. The molecule has 1 aliphatic rings. The Morgan fingerprint density at radius 2 is 1.89 bits per heavy atom. The molecular weight excluding hydrogens is 366 g/mol. The van der Waals surface area contributed by atoms with Crippen LogP contribution in [-0.4, -0.2) is 27.9 Å². The highest BCUT2D eigenvalue weighted by Gasteiger charge is 2.28. The van der Waals surface area contributed by atoms with Crippen LogP contribution in [0.25, 0.3) is 10.8 Å². The van der Waals surface area contributed by atoms with Gasteiger partial charge in [-0.2, -0.15) is 5.10 Å². The van der Waals surface area contributed by atoms with Gasteiger partial charge in [-0.25, -0.2) is 0 Å². The van der Waals surface area contributed by atoms with Crippen molar-refractivity contribution < 1.29 is 4.79 Å². The van der Waals surface area contributed by atoms with Crippen molar-refractivity contribution in [3.63, 3.8) is 0 Å². The minimum absolute atomic E-state index is 0.0680. The molecule has 0 saturated carbocycles. The summed E-state index contributed by atoms with van der Waals surface area (Å²) < 4.78 is 0. The van der Waals surface area contributed by atoms with Crippen LogP contribution in [0.1, 0.15) is 22.3 Å². The molecule has 0 aliphatic carbocycles. The van der Waals surface area contributed by atoms with E-state index in [0.717, 1.165) is 22.1 Å². The van der Waals surface area contributed by atoms with Gasteiger partial charge in [-0.1, -0.05) is 78.0 Å². The minimum Gasteiger partial charge on any atom is -0.285 e. The van der Waals surface area contributed by atoms with E-state index in [0.29, 0.717) is 17.5 Å². The van der Waals surface area contributed by atoms with E-state index < -0.39 is 0 Å². The maximum absolute atomic E-state index is 12.4. The van der Waals surface area contributed by atoms with Gasteiger partial charge < -0.3 is 0 Å². The van der Waals surface area contributed by atoms with Gasteiger partial charge in [-0.05, 0) is 41.3 Å². The summed E-state index contributed by atoms with van der Waals surface area (Å²) in [5.41, 5.74) is 4.52. The summed E-state index contributed by atoms with van der Waals surface area (Å²) in [4.78, 5) is 14.2. The van der Waals surface area contributed by atoms with Gasteiger partial charge in [0.25, 0.3) is 0 Å². The topological polar surface area (TPSA) is 45.0 Å². The zero-order valence-corrected chi connectivity index (χ0v) is 16.7. The second kappa shape index (κ2) is 7.98. The van der Waals surface area contributed by atoms with Gasteiger partial charge in [0.2, 0.25) is 5.91 Å².